The van der Waals surface area contributed by atoms with Gasteiger partial charge in [-0.2, -0.15) is 0 Å². The van der Waals surface area contributed by atoms with E-state index in [0.717, 1.165) is 21.2 Å². The molecule has 2 aromatic heterocycles. The zero-order valence-corrected chi connectivity index (χ0v) is 12.0. The molecule has 0 saturated carbocycles. The second kappa shape index (κ2) is 5.15. The molecule has 0 aliphatic carbocycles. The Hall–Kier alpha value is -1.65. The van der Waals surface area contributed by atoms with Crippen molar-refractivity contribution < 1.29 is 4.42 Å². The summed E-state index contributed by atoms with van der Waals surface area (Å²) in [6, 6.07) is 10.3. The van der Waals surface area contributed by atoms with Gasteiger partial charge in [-0.05, 0) is 40.0 Å². The smallest absolute Gasteiger partial charge is 0.174 e. The third-order valence-corrected chi connectivity index (χ3v) is 3.90. The number of halogens is 1. The van der Waals surface area contributed by atoms with Crippen LogP contribution in [0.1, 0.15) is 17.2 Å². The van der Waals surface area contributed by atoms with Crippen LogP contribution < -0.4 is 5.32 Å². The number of aromatic nitrogens is 1. The fourth-order valence-electron chi connectivity index (χ4n) is 2.36. The Morgan fingerprint density at radius 3 is 2.74 bits per heavy atom. The average Bonchev–Trinajstić information content (AvgIpc) is 2.86. The molecular weight excluding hydrogens is 304 g/mol. The minimum absolute atomic E-state index is 0.0479. The Labute approximate surface area is 119 Å². The van der Waals surface area contributed by atoms with Crippen LogP contribution in [0.3, 0.4) is 0 Å². The van der Waals surface area contributed by atoms with Crippen LogP contribution in [0, 0.1) is 0 Å². The highest BCUT2D eigenvalue weighted by molar-refractivity contribution is 9.10. The first kappa shape index (κ1) is 12.4. The summed E-state index contributed by atoms with van der Waals surface area (Å²) in [7, 11) is 1.94. The highest BCUT2D eigenvalue weighted by Crippen LogP contribution is 2.32. The number of hydrogen-bond acceptors (Lipinski definition) is 3. The van der Waals surface area contributed by atoms with E-state index in [1.807, 2.05) is 37.6 Å². The third-order valence-electron chi connectivity index (χ3n) is 3.26. The molecule has 1 unspecified atom stereocenters. The minimum atomic E-state index is 0.0479. The van der Waals surface area contributed by atoms with Crippen molar-refractivity contribution in [1.82, 2.24) is 10.3 Å². The fourth-order valence-corrected chi connectivity index (χ4v) is 2.83. The summed E-state index contributed by atoms with van der Waals surface area (Å²) in [5.74, 6) is 0. The molecule has 0 amide bonds. The highest BCUT2D eigenvalue weighted by atomic mass is 79.9. The van der Waals surface area contributed by atoms with Crippen LogP contribution in [0.15, 0.2) is 58.1 Å². The van der Waals surface area contributed by atoms with Crippen molar-refractivity contribution >= 4 is 26.7 Å². The first-order chi connectivity index (χ1) is 9.31. The average molecular weight is 317 g/mol. The number of hydrogen-bond donors (Lipinski definition) is 1. The van der Waals surface area contributed by atoms with E-state index >= 15 is 0 Å². The Bertz CT molecular complexity index is 703. The van der Waals surface area contributed by atoms with Gasteiger partial charge in [0, 0.05) is 23.3 Å². The highest BCUT2D eigenvalue weighted by Gasteiger charge is 2.19. The van der Waals surface area contributed by atoms with Crippen molar-refractivity contribution in [2.45, 2.75) is 6.04 Å². The van der Waals surface area contributed by atoms with E-state index in [0.29, 0.717) is 0 Å². The molecule has 1 aromatic carbocycles. The summed E-state index contributed by atoms with van der Waals surface area (Å²) >= 11 is 3.44. The molecule has 1 atom stereocenters. The van der Waals surface area contributed by atoms with Crippen LogP contribution in [0.4, 0.5) is 0 Å². The zero-order chi connectivity index (χ0) is 13.2. The summed E-state index contributed by atoms with van der Waals surface area (Å²) in [6.07, 6.45) is 5.47. The number of nitrogens with zero attached hydrogens (tertiary/aromatic N) is 1. The molecule has 0 aliphatic heterocycles. The second-order valence-corrected chi connectivity index (χ2v) is 5.04. The SMILES string of the molecule is CNC(c1ccoc1Br)c1cncc2ccccc12. The van der Waals surface area contributed by atoms with E-state index in [1.165, 1.54) is 5.39 Å². The Morgan fingerprint density at radius 2 is 2.00 bits per heavy atom. The number of fused-ring (bicyclic) bond motifs is 1. The molecular formula is C15H13BrN2O. The molecule has 0 spiro atoms. The number of rotatable bonds is 3. The lowest BCUT2D eigenvalue weighted by Crippen LogP contribution is -2.18. The van der Waals surface area contributed by atoms with Gasteiger partial charge in [0.2, 0.25) is 0 Å². The van der Waals surface area contributed by atoms with Crippen LogP contribution in [-0.4, -0.2) is 12.0 Å². The molecule has 0 radical (unpaired) electrons. The van der Waals surface area contributed by atoms with E-state index in [-0.39, 0.29) is 6.04 Å². The molecule has 2 heterocycles. The van der Waals surface area contributed by atoms with Gasteiger partial charge in [-0.1, -0.05) is 24.3 Å². The van der Waals surface area contributed by atoms with Gasteiger partial charge in [0.15, 0.2) is 4.67 Å². The topological polar surface area (TPSA) is 38.1 Å². The Balaban J connectivity index is 2.20. The molecule has 1 N–H and O–H groups in total. The van der Waals surface area contributed by atoms with E-state index in [4.69, 9.17) is 4.42 Å². The predicted molar refractivity (Wildman–Crippen MR) is 79.1 cm³/mol. The lowest BCUT2D eigenvalue weighted by molar-refractivity contribution is 0.530. The second-order valence-electron chi connectivity index (χ2n) is 4.32. The van der Waals surface area contributed by atoms with E-state index < -0.39 is 0 Å². The van der Waals surface area contributed by atoms with Gasteiger partial charge >= 0.3 is 0 Å². The van der Waals surface area contributed by atoms with Gasteiger partial charge in [0.05, 0.1) is 12.3 Å². The van der Waals surface area contributed by atoms with Crippen LogP contribution in [0.5, 0.6) is 0 Å². The molecule has 3 nitrogen and oxygen atoms in total. The normalized spacial score (nSPS) is 12.7. The van der Waals surface area contributed by atoms with Gasteiger partial charge < -0.3 is 9.73 Å². The van der Waals surface area contributed by atoms with Gasteiger partial charge in [0.1, 0.15) is 0 Å². The fraction of sp³-hybridized carbons (Fsp3) is 0.133. The summed E-state index contributed by atoms with van der Waals surface area (Å²) in [6.45, 7) is 0. The van der Waals surface area contributed by atoms with Crippen LogP contribution in [0.25, 0.3) is 10.8 Å². The third kappa shape index (κ3) is 2.17. The molecule has 19 heavy (non-hydrogen) atoms. The van der Waals surface area contributed by atoms with E-state index in [1.54, 1.807) is 6.26 Å². The zero-order valence-electron chi connectivity index (χ0n) is 10.4. The standard InChI is InChI=1S/C15H13BrN2O/c1-17-14(12-6-7-19-15(12)16)13-9-18-8-10-4-2-3-5-11(10)13/h2-9,14,17H,1H3. The van der Waals surface area contributed by atoms with Crippen molar-refractivity contribution in [3.8, 4) is 0 Å². The van der Waals surface area contributed by atoms with Crippen molar-refractivity contribution in [3.63, 3.8) is 0 Å². The quantitative estimate of drug-likeness (QED) is 0.796. The summed E-state index contributed by atoms with van der Waals surface area (Å²) in [4.78, 5) is 4.34. The van der Waals surface area contributed by atoms with Crippen molar-refractivity contribution in [3.05, 3.63) is 64.8 Å². The number of pyridine rings is 1. The summed E-state index contributed by atoms with van der Waals surface area (Å²) in [5, 5.41) is 5.66. The largest absolute Gasteiger partial charge is 0.457 e. The molecule has 0 fully saturated rings. The van der Waals surface area contributed by atoms with Crippen LogP contribution in [0.2, 0.25) is 0 Å². The van der Waals surface area contributed by atoms with Crippen LogP contribution >= 0.6 is 15.9 Å². The van der Waals surface area contributed by atoms with Gasteiger partial charge in [-0.15, -0.1) is 0 Å². The molecule has 0 bridgehead atoms. The molecule has 0 aliphatic rings. The first-order valence-electron chi connectivity index (χ1n) is 6.04. The Kier molecular flexibility index (Phi) is 3.36. The lowest BCUT2D eigenvalue weighted by atomic mass is 9.98. The van der Waals surface area contributed by atoms with Gasteiger partial charge in [-0.3, -0.25) is 4.98 Å². The van der Waals surface area contributed by atoms with Crippen molar-refractivity contribution in [2.24, 2.45) is 0 Å². The lowest BCUT2D eigenvalue weighted by Gasteiger charge is -2.17. The minimum Gasteiger partial charge on any atom is -0.457 e. The van der Waals surface area contributed by atoms with Crippen LogP contribution in [-0.2, 0) is 0 Å². The maximum Gasteiger partial charge on any atom is 0.174 e. The predicted octanol–water partition coefficient (Wildman–Crippen LogP) is 3.90. The maximum absolute atomic E-state index is 5.34. The van der Waals surface area contributed by atoms with Gasteiger partial charge in [-0.25, -0.2) is 0 Å². The molecule has 3 rings (SSSR count). The molecule has 0 saturated heterocycles. The van der Waals surface area contributed by atoms with E-state index in [9.17, 15) is 0 Å². The van der Waals surface area contributed by atoms with Crippen molar-refractivity contribution in [1.29, 1.82) is 0 Å². The monoisotopic (exact) mass is 316 g/mol. The molecule has 3 aromatic rings. The van der Waals surface area contributed by atoms with Crippen molar-refractivity contribution in [2.75, 3.05) is 7.05 Å². The number of furan rings is 1. The summed E-state index contributed by atoms with van der Waals surface area (Å²) in [5.41, 5.74) is 2.21. The van der Waals surface area contributed by atoms with Gasteiger partial charge in [0.25, 0.3) is 0 Å². The maximum atomic E-state index is 5.34. The first-order valence-corrected chi connectivity index (χ1v) is 6.83. The molecule has 96 valence electrons. The van der Waals surface area contributed by atoms with E-state index in [2.05, 4.69) is 38.4 Å². The molecule has 4 heteroatoms. The number of nitrogens with one attached hydrogen (secondary N) is 1. The summed E-state index contributed by atoms with van der Waals surface area (Å²) < 4.78 is 6.09. The Morgan fingerprint density at radius 1 is 1.16 bits per heavy atom. The number of benzene rings is 1.